The molecule has 0 aliphatic carbocycles. The van der Waals surface area contributed by atoms with Gasteiger partial charge in [-0.2, -0.15) is 0 Å². The molecule has 1 heterocycles. The number of nitrogens with zero attached hydrogens (tertiary/aromatic N) is 1. The van der Waals surface area contributed by atoms with Crippen molar-refractivity contribution in [3.05, 3.63) is 96.1 Å². The Kier molecular flexibility index (Phi) is 6.10. The first kappa shape index (κ1) is 21.1. The van der Waals surface area contributed by atoms with E-state index in [2.05, 4.69) is 20.8 Å². The van der Waals surface area contributed by atoms with E-state index in [0.29, 0.717) is 10.8 Å². The Morgan fingerprint density at radius 3 is 2.00 bits per heavy atom. The van der Waals surface area contributed by atoms with Crippen LogP contribution in [0.1, 0.15) is 36.7 Å². The number of ketones is 1. The highest BCUT2D eigenvalue weighted by atomic mass is 32.2. The Morgan fingerprint density at radius 2 is 1.42 bits per heavy atom. The van der Waals surface area contributed by atoms with E-state index in [4.69, 9.17) is 9.40 Å². The van der Waals surface area contributed by atoms with Crippen molar-refractivity contribution in [2.24, 2.45) is 0 Å². The summed E-state index contributed by atoms with van der Waals surface area (Å²) in [5.41, 5.74) is 4.72. The maximum Gasteiger partial charge on any atom is 0.257 e. The molecule has 0 aliphatic rings. The van der Waals surface area contributed by atoms with Gasteiger partial charge in [0.1, 0.15) is 5.69 Å². The molecule has 0 aliphatic heterocycles. The molecule has 4 heteroatoms. The number of oxazole rings is 1. The quantitative estimate of drug-likeness (QED) is 0.239. The number of hydrogen-bond acceptors (Lipinski definition) is 4. The highest BCUT2D eigenvalue weighted by molar-refractivity contribution is 7.99. The van der Waals surface area contributed by atoms with Crippen LogP contribution in [0.25, 0.3) is 22.6 Å². The molecule has 0 amide bonds. The summed E-state index contributed by atoms with van der Waals surface area (Å²) in [7, 11) is 0. The van der Waals surface area contributed by atoms with Crippen LogP contribution in [-0.4, -0.2) is 16.5 Å². The second-order valence-electron chi connectivity index (χ2n) is 8.43. The lowest BCUT2D eigenvalue weighted by Crippen LogP contribution is -2.11. The molecule has 0 bridgehead atoms. The zero-order valence-electron chi connectivity index (χ0n) is 18.0. The van der Waals surface area contributed by atoms with E-state index in [1.54, 1.807) is 0 Å². The lowest BCUT2D eigenvalue weighted by atomic mass is 9.86. The first-order valence-corrected chi connectivity index (χ1v) is 11.3. The summed E-state index contributed by atoms with van der Waals surface area (Å²) in [6, 6.07) is 27.8. The summed E-state index contributed by atoms with van der Waals surface area (Å²) < 4.78 is 6.10. The highest BCUT2D eigenvalue weighted by Gasteiger charge is 2.19. The number of thioether (sulfide) groups is 1. The number of Topliss-reactive ketones (excluding diaryl/α,β-unsaturated/α-hetero) is 1. The molecular weight excluding hydrogens is 402 g/mol. The van der Waals surface area contributed by atoms with Gasteiger partial charge in [0.15, 0.2) is 11.5 Å². The van der Waals surface area contributed by atoms with E-state index in [-0.39, 0.29) is 17.0 Å². The van der Waals surface area contributed by atoms with Gasteiger partial charge in [0.2, 0.25) is 0 Å². The van der Waals surface area contributed by atoms with E-state index in [0.717, 1.165) is 22.6 Å². The first-order valence-electron chi connectivity index (χ1n) is 10.3. The standard InChI is InChI=1S/C27H25NO2S/c1-27(2,3)22-16-14-19(15-17-22)23(29)18-31-26-28-24(20-10-6-4-7-11-20)25(30-26)21-12-8-5-9-13-21/h4-17H,18H2,1-3H3. The van der Waals surface area contributed by atoms with Gasteiger partial charge in [-0.1, -0.05) is 117 Å². The monoisotopic (exact) mass is 427 g/mol. The first-order chi connectivity index (χ1) is 14.9. The normalized spacial score (nSPS) is 11.5. The number of hydrogen-bond donors (Lipinski definition) is 0. The molecule has 3 aromatic carbocycles. The number of benzene rings is 3. The summed E-state index contributed by atoms with van der Waals surface area (Å²) >= 11 is 1.33. The van der Waals surface area contributed by atoms with E-state index in [1.165, 1.54) is 17.3 Å². The number of carbonyl (C=O) groups is 1. The third kappa shape index (κ3) is 4.97. The lowest BCUT2D eigenvalue weighted by molar-refractivity contribution is 0.102. The van der Waals surface area contributed by atoms with Crippen LogP contribution in [0.3, 0.4) is 0 Å². The fourth-order valence-electron chi connectivity index (χ4n) is 3.31. The molecule has 0 spiro atoms. The van der Waals surface area contributed by atoms with Gasteiger partial charge < -0.3 is 4.42 Å². The van der Waals surface area contributed by atoms with Crippen LogP contribution in [0.4, 0.5) is 0 Å². The number of carbonyl (C=O) groups excluding carboxylic acids is 1. The zero-order valence-corrected chi connectivity index (χ0v) is 18.8. The second-order valence-corrected chi connectivity index (χ2v) is 9.36. The van der Waals surface area contributed by atoms with Crippen LogP contribution in [0.2, 0.25) is 0 Å². The van der Waals surface area contributed by atoms with Crippen LogP contribution >= 0.6 is 11.8 Å². The largest absolute Gasteiger partial charge is 0.431 e. The van der Waals surface area contributed by atoms with Gasteiger partial charge in [0, 0.05) is 16.7 Å². The van der Waals surface area contributed by atoms with Crippen LogP contribution in [-0.2, 0) is 5.41 Å². The van der Waals surface area contributed by atoms with Crippen LogP contribution in [0.15, 0.2) is 94.6 Å². The van der Waals surface area contributed by atoms with Gasteiger partial charge in [0.05, 0.1) is 5.75 Å². The average Bonchev–Trinajstić information content (AvgIpc) is 3.22. The molecule has 1 aromatic heterocycles. The predicted octanol–water partition coefficient (Wildman–Crippen LogP) is 7.28. The maximum absolute atomic E-state index is 12.7. The molecule has 0 unspecified atom stereocenters. The molecule has 4 aromatic rings. The molecule has 156 valence electrons. The summed E-state index contributed by atoms with van der Waals surface area (Å²) in [5, 5.41) is 0.498. The molecule has 0 N–H and O–H groups in total. The average molecular weight is 428 g/mol. The van der Waals surface area contributed by atoms with Crippen molar-refractivity contribution < 1.29 is 9.21 Å². The third-order valence-corrected chi connectivity index (χ3v) is 5.92. The fourth-order valence-corrected chi connectivity index (χ4v) is 4.03. The molecule has 3 nitrogen and oxygen atoms in total. The summed E-state index contributed by atoms with van der Waals surface area (Å²) in [5.74, 6) is 1.06. The third-order valence-electron chi connectivity index (χ3n) is 5.09. The summed E-state index contributed by atoms with van der Waals surface area (Å²) in [4.78, 5) is 17.4. The minimum Gasteiger partial charge on any atom is -0.431 e. The van der Waals surface area contributed by atoms with E-state index in [9.17, 15) is 4.79 Å². The lowest BCUT2D eigenvalue weighted by Gasteiger charge is -2.18. The molecule has 0 atom stereocenters. The van der Waals surface area contributed by atoms with Gasteiger partial charge in [-0.25, -0.2) is 4.98 Å². The molecule has 0 fully saturated rings. The van der Waals surface area contributed by atoms with Crippen molar-refractivity contribution in [3.8, 4) is 22.6 Å². The van der Waals surface area contributed by atoms with Crippen molar-refractivity contribution >= 4 is 17.5 Å². The fraction of sp³-hybridized carbons (Fsp3) is 0.185. The molecule has 31 heavy (non-hydrogen) atoms. The SMILES string of the molecule is CC(C)(C)c1ccc(C(=O)CSc2nc(-c3ccccc3)c(-c3ccccc3)o2)cc1. The van der Waals surface area contributed by atoms with E-state index in [1.807, 2.05) is 84.9 Å². The Morgan fingerprint density at radius 1 is 0.839 bits per heavy atom. The molecule has 4 rings (SSSR count). The van der Waals surface area contributed by atoms with E-state index >= 15 is 0 Å². The minimum absolute atomic E-state index is 0.0613. The van der Waals surface area contributed by atoms with Crippen LogP contribution < -0.4 is 0 Å². The van der Waals surface area contributed by atoms with Crippen molar-refractivity contribution in [1.82, 2.24) is 4.98 Å². The maximum atomic E-state index is 12.7. The second kappa shape index (κ2) is 8.94. The Hall–Kier alpha value is -3.11. The van der Waals surface area contributed by atoms with Gasteiger partial charge in [-0.15, -0.1) is 0 Å². The Bertz CT molecular complexity index is 1100. The zero-order chi connectivity index (χ0) is 21.8. The smallest absolute Gasteiger partial charge is 0.257 e. The molecule has 0 saturated heterocycles. The van der Waals surface area contributed by atoms with Crippen molar-refractivity contribution in [3.63, 3.8) is 0 Å². The van der Waals surface area contributed by atoms with Crippen molar-refractivity contribution in [2.75, 3.05) is 5.75 Å². The Labute approximate surface area is 187 Å². The Balaban J connectivity index is 1.55. The summed E-state index contributed by atoms with van der Waals surface area (Å²) in [6.07, 6.45) is 0. The molecule has 0 radical (unpaired) electrons. The highest BCUT2D eigenvalue weighted by Crippen LogP contribution is 2.35. The van der Waals surface area contributed by atoms with Crippen LogP contribution in [0.5, 0.6) is 0 Å². The predicted molar refractivity (Wildman–Crippen MR) is 128 cm³/mol. The molecular formula is C27H25NO2S. The van der Waals surface area contributed by atoms with Crippen LogP contribution in [0, 0.1) is 0 Å². The topological polar surface area (TPSA) is 43.1 Å². The molecule has 0 saturated carbocycles. The number of aromatic nitrogens is 1. The van der Waals surface area contributed by atoms with Crippen molar-refractivity contribution in [2.45, 2.75) is 31.4 Å². The number of rotatable bonds is 6. The van der Waals surface area contributed by atoms with Gasteiger partial charge >= 0.3 is 0 Å². The summed E-state index contributed by atoms with van der Waals surface area (Å²) in [6.45, 7) is 6.49. The van der Waals surface area contributed by atoms with Gasteiger partial charge in [-0.05, 0) is 11.0 Å². The van der Waals surface area contributed by atoms with E-state index < -0.39 is 0 Å². The minimum atomic E-state index is 0.0613. The van der Waals surface area contributed by atoms with Gasteiger partial charge in [-0.3, -0.25) is 4.79 Å². The van der Waals surface area contributed by atoms with Gasteiger partial charge in [0.25, 0.3) is 5.22 Å². The van der Waals surface area contributed by atoms with Crippen molar-refractivity contribution in [1.29, 1.82) is 0 Å².